The van der Waals surface area contributed by atoms with E-state index < -0.39 is 0 Å². The fourth-order valence-corrected chi connectivity index (χ4v) is 5.18. The Bertz CT molecular complexity index is 1060. The molecule has 1 saturated heterocycles. The van der Waals surface area contributed by atoms with Gasteiger partial charge in [0, 0.05) is 47.3 Å². The van der Waals surface area contributed by atoms with Crippen LogP contribution in [0.1, 0.15) is 19.3 Å². The van der Waals surface area contributed by atoms with Crippen LogP contribution in [0.25, 0.3) is 10.1 Å². The Hall–Kier alpha value is -2.84. The van der Waals surface area contributed by atoms with Gasteiger partial charge in [-0.25, -0.2) is 9.18 Å². The summed E-state index contributed by atoms with van der Waals surface area (Å²) >= 11 is 1.61. The third kappa shape index (κ3) is 6.36. The third-order valence-electron chi connectivity index (χ3n) is 5.98. The highest BCUT2D eigenvalue weighted by molar-refractivity contribution is 7.17. The van der Waals surface area contributed by atoms with E-state index in [0.717, 1.165) is 73.5 Å². The summed E-state index contributed by atoms with van der Waals surface area (Å²) in [6.07, 6.45) is 3.10. The number of carbonyl (C=O) groups excluding carboxylic acids is 1. The van der Waals surface area contributed by atoms with Crippen LogP contribution in [-0.4, -0.2) is 57.3 Å². The van der Waals surface area contributed by atoms with Crippen molar-refractivity contribution >= 4 is 38.8 Å². The number of rotatable bonds is 8. The van der Waals surface area contributed by atoms with Gasteiger partial charge in [0.25, 0.3) is 0 Å². The molecular weight excluding hydrogens is 439 g/mol. The van der Waals surface area contributed by atoms with Crippen LogP contribution in [-0.2, 0) is 0 Å². The molecule has 0 spiro atoms. The summed E-state index contributed by atoms with van der Waals surface area (Å²) in [6, 6.07) is 12.2. The van der Waals surface area contributed by atoms with Crippen molar-refractivity contribution in [1.82, 2.24) is 10.2 Å². The van der Waals surface area contributed by atoms with E-state index in [9.17, 15) is 9.18 Å². The van der Waals surface area contributed by atoms with E-state index in [2.05, 4.69) is 25.8 Å². The fraction of sp³-hybridized carbons (Fsp3) is 0.400. The number of urea groups is 1. The SMILES string of the molecule is COc1ccc(NC(=O)NCCCCN2CCCN(c3csc4cc(F)ccc34)CC2)cc1. The molecule has 8 heteroatoms. The molecule has 0 aliphatic carbocycles. The van der Waals surface area contributed by atoms with Gasteiger partial charge in [-0.2, -0.15) is 0 Å². The molecule has 0 unspecified atom stereocenters. The predicted octanol–water partition coefficient (Wildman–Crippen LogP) is 5.16. The number of hydrogen-bond acceptors (Lipinski definition) is 5. The highest BCUT2D eigenvalue weighted by Crippen LogP contribution is 2.34. The van der Waals surface area contributed by atoms with E-state index in [4.69, 9.17) is 4.74 Å². The first-order chi connectivity index (χ1) is 16.1. The van der Waals surface area contributed by atoms with Crippen molar-refractivity contribution < 1.29 is 13.9 Å². The lowest BCUT2D eigenvalue weighted by Crippen LogP contribution is -2.32. The number of ether oxygens (including phenoxy) is 1. The molecule has 33 heavy (non-hydrogen) atoms. The molecule has 1 fully saturated rings. The number of nitrogens with zero attached hydrogens (tertiary/aromatic N) is 2. The summed E-state index contributed by atoms with van der Waals surface area (Å²) in [5.41, 5.74) is 1.97. The van der Waals surface area contributed by atoms with Crippen LogP contribution in [0.4, 0.5) is 20.6 Å². The maximum atomic E-state index is 13.5. The number of fused-ring (bicyclic) bond motifs is 1. The minimum Gasteiger partial charge on any atom is -0.497 e. The Morgan fingerprint density at radius 2 is 1.94 bits per heavy atom. The van der Waals surface area contributed by atoms with E-state index in [1.165, 1.54) is 5.69 Å². The van der Waals surface area contributed by atoms with Crippen LogP contribution in [0.3, 0.4) is 0 Å². The smallest absolute Gasteiger partial charge is 0.319 e. The maximum absolute atomic E-state index is 13.5. The van der Waals surface area contributed by atoms with Crippen molar-refractivity contribution in [1.29, 1.82) is 0 Å². The molecule has 3 aromatic rings. The second-order valence-corrected chi connectivity index (χ2v) is 9.17. The first kappa shape index (κ1) is 23.3. The van der Waals surface area contributed by atoms with Gasteiger partial charge in [0.1, 0.15) is 11.6 Å². The second kappa shape index (κ2) is 11.3. The Morgan fingerprint density at radius 1 is 1.09 bits per heavy atom. The number of nitrogens with one attached hydrogen (secondary N) is 2. The Labute approximate surface area is 198 Å². The molecule has 1 aromatic heterocycles. The number of amides is 2. The fourth-order valence-electron chi connectivity index (χ4n) is 4.18. The molecule has 2 aromatic carbocycles. The normalized spacial score (nSPS) is 14.8. The molecule has 0 radical (unpaired) electrons. The number of benzene rings is 2. The van der Waals surface area contributed by atoms with E-state index in [1.807, 2.05) is 30.3 Å². The summed E-state index contributed by atoms with van der Waals surface area (Å²) in [5.74, 6) is 0.585. The molecule has 176 valence electrons. The van der Waals surface area contributed by atoms with Crippen molar-refractivity contribution in [2.24, 2.45) is 0 Å². The lowest BCUT2D eigenvalue weighted by atomic mass is 10.2. The Morgan fingerprint density at radius 3 is 2.76 bits per heavy atom. The highest BCUT2D eigenvalue weighted by atomic mass is 32.1. The molecule has 0 atom stereocenters. The summed E-state index contributed by atoms with van der Waals surface area (Å²) in [6.45, 7) is 5.78. The molecule has 0 bridgehead atoms. The van der Waals surface area contributed by atoms with Gasteiger partial charge in [0.05, 0.1) is 12.8 Å². The van der Waals surface area contributed by atoms with Crippen LogP contribution in [0.5, 0.6) is 5.75 Å². The van der Waals surface area contributed by atoms with E-state index in [1.54, 1.807) is 30.6 Å². The van der Waals surface area contributed by atoms with Gasteiger partial charge >= 0.3 is 6.03 Å². The summed E-state index contributed by atoms with van der Waals surface area (Å²) in [7, 11) is 1.62. The van der Waals surface area contributed by atoms with Gasteiger partial charge in [-0.15, -0.1) is 11.3 Å². The van der Waals surface area contributed by atoms with Crippen molar-refractivity contribution in [3.8, 4) is 5.75 Å². The number of halogens is 1. The molecule has 1 aliphatic rings. The monoisotopic (exact) mass is 470 g/mol. The predicted molar refractivity (Wildman–Crippen MR) is 134 cm³/mol. The third-order valence-corrected chi connectivity index (χ3v) is 6.91. The first-order valence-corrected chi connectivity index (χ1v) is 12.3. The minimum absolute atomic E-state index is 0.175. The summed E-state index contributed by atoms with van der Waals surface area (Å²) < 4.78 is 19.6. The van der Waals surface area contributed by atoms with E-state index in [0.29, 0.717) is 6.54 Å². The molecule has 2 N–H and O–H groups in total. The number of carbonyl (C=O) groups is 1. The molecule has 2 amide bonds. The zero-order chi connectivity index (χ0) is 23.0. The lowest BCUT2D eigenvalue weighted by molar-refractivity contribution is 0.251. The molecule has 4 rings (SSSR count). The van der Waals surface area contributed by atoms with Crippen molar-refractivity contribution in [2.45, 2.75) is 19.3 Å². The number of anilines is 2. The lowest BCUT2D eigenvalue weighted by Gasteiger charge is -2.23. The van der Waals surface area contributed by atoms with Gasteiger partial charge in [-0.3, -0.25) is 0 Å². The van der Waals surface area contributed by atoms with Crippen LogP contribution >= 0.6 is 11.3 Å². The van der Waals surface area contributed by atoms with Gasteiger partial charge in [0.15, 0.2) is 0 Å². The zero-order valence-corrected chi connectivity index (χ0v) is 19.8. The highest BCUT2D eigenvalue weighted by Gasteiger charge is 2.17. The average Bonchev–Trinajstić information content (AvgIpc) is 3.09. The van der Waals surface area contributed by atoms with Crippen LogP contribution in [0.2, 0.25) is 0 Å². The standard InChI is InChI=1S/C25H31FN4O2S/c1-32-21-8-6-20(7-9-21)28-25(31)27-11-2-3-12-29-13-4-14-30(16-15-29)23-18-33-24-17-19(26)5-10-22(23)24/h5-10,17-18H,2-4,11-16H2,1H3,(H2,27,28,31). The number of methoxy groups -OCH3 is 1. The van der Waals surface area contributed by atoms with E-state index >= 15 is 0 Å². The number of hydrogen-bond donors (Lipinski definition) is 2. The summed E-state index contributed by atoms with van der Waals surface area (Å²) in [5, 5.41) is 9.06. The van der Waals surface area contributed by atoms with Gasteiger partial charge in [-0.05, 0) is 74.8 Å². The van der Waals surface area contributed by atoms with Gasteiger partial charge in [0.2, 0.25) is 0 Å². The van der Waals surface area contributed by atoms with Crippen molar-refractivity contribution in [3.05, 3.63) is 53.7 Å². The largest absolute Gasteiger partial charge is 0.497 e. The average molecular weight is 471 g/mol. The number of unbranched alkanes of at least 4 members (excludes halogenated alkanes) is 1. The van der Waals surface area contributed by atoms with Gasteiger partial charge < -0.3 is 25.2 Å². The number of thiophene rings is 1. The maximum Gasteiger partial charge on any atom is 0.319 e. The Balaban J connectivity index is 1.15. The Kier molecular flexibility index (Phi) is 8.01. The first-order valence-electron chi connectivity index (χ1n) is 11.5. The second-order valence-electron chi connectivity index (χ2n) is 8.26. The molecule has 2 heterocycles. The topological polar surface area (TPSA) is 56.8 Å². The molecule has 1 aliphatic heterocycles. The van der Waals surface area contributed by atoms with Crippen LogP contribution in [0, 0.1) is 5.82 Å². The molecular formula is C25H31FN4O2S. The van der Waals surface area contributed by atoms with Crippen LogP contribution in [0.15, 0.2) is 47.8 Å². The van der Waals surface area contributed by atoms with Crippen molar-refractivity contribution in [3.63, 3.8) is 0 Å². The zero-order valence-electron chi connectivity index (χ0n) is 19.0. The van der Waals surface area contributed by atoms with Crippen LogP contribution < -0.4 is 20.3 Å². The molecule has 6 nitrogen and oxygen atoms in total. The quantitative estimate of drug-likeness (QED) is 0.447. The van der Waals surface area contributed by atoms with Gasteiger partial charge in [-0.1, -0.05) is 0 Å². The van der Waals surface area contributed by atoms with E-state index in [-0.39, 0.29) is 11.8 Å². The molecule has 0 saturated carbocycles. The van der Waals surface area contributed by atoms with Crippen molar-refractivity contribution in [2.75, 3.05) is 56.6 Å². The summed E-state index contributed by atoms with van der Waals surface area (Å²) in [4.78, 5) is 17.0. The minimum atomic E-state index is -0.187.